The van der Waals surface area contributed by atoms with E-state index in [1.54, 1.807) is 4.90 Å². The smallest absolute Gasteiger partial charge is 0.261 e. The lowest BCUT2D eigenvalue weighted by Gasteiger charge is -2.31. The summed E-state index contributed by atoms with van der Waals surface area (Å²) in [5.41, 5.74) is 3.12. The number of unbranched alkanes of at least 4 members (excludes halogenated alkanes) is 1. The van der Waals surface area contributed by atoms with Gasteiger partial charge in [0.1, 0.15) is 11.8 Å². The minimum Gasteiger partial charge on any atom is -0.484 e. The Morgan fingerprint density at radius 1 is 0.882 bits per heavy atom. The second-order valence-electron chi connectivity index (χ2n) is 8.46. The Balaban J connectivity index is 1.86. The van der Waals surface area contributed by atoms with Crippen molar-refractivity contribution in [1.29, 1.82) is 0 Å². The van der Waals surface area contributed by atoms with Crippen molar-refractivity contribution < 1.29 is 14.3 Å². The molecule has 0 aliphatic carbocycles. The van der Waals surface area contributed by atoms with Gasteiger partial charge in [-0.05, 0) is 36.6 Å². The van der Waals surface area contributed by atoms with Crippen LogP contribution in [0.1, 0.15) is 36.5 Å². The number of carbonyl (C=O) groups excluding carboxylic acids is 2. The lowest BCUT2D eigenvalue weighted by molar-refractivity contribution is -0.142. The van der Waals surface area contributed by atoms with Crippen molar-refractivity contribution in [2.75, 3.05) is 13.2 Å². The number of nitrogens with zero attached hydrogens (tertiary/aromatic N) is 1. The molecule has 0 radical (unpaired) electrons. The summed E-state index contributed by atoms with van der Waals surface area (Å²) >= 11 is 0. The number of benzene rings is 3. The van der Waals surface area contributed by atoms with E-state index in [1.165, 1.54) is 0 Å². The predicted octanol–water partition coefficient (Wildman–Crippen LogP) is 4.93. The van der Waals surface area contributed by atoms with Gasteiger partial charge in [-0.1, -0.05) is 91.7 Å². The summed E-state index contributed by atoms with van der Waals surface area (Å²) in [6.07, 6.45) is 2.31. The van der Waals surface area contributed by atoms with Crippen LogP contribution in [0.2, 0.25) is 0 Å². The number of hydrogen-bond donors (Lipinski definition) is 1. The molecule has 0 saturated carbocycles. The van der Waals surface area contributed by atoms with E-state index < -0.39 is 6.04 Å². The maximum absolute atomic E-state index is 13.5. The minimum atomic E-state index is -0.646. The number of ether oxygens (including phenoxy) is 1. The van der Waals surface area contributed by atoms with Crippen LogP contribution in [-0.4, -0.2) is 35.9 Å². The Kier molecular flexibility index (Phi) is 9.71. The number of aryl methyl sites for hydroxylation is 1. The highest BCUT2D eigenvalue weighted by Gasteiger charge is 2.30. The van der Waals surface area contributed by atoms with Crippen LogP contribution in [0.4, 0.5) is 0 Å². The maximum atomic E-state index is 13.5. The van der Waals surface area contributed by atoms with Crippen LogP contribution >= 0.6 is 0 Å². The zero-order valence-electron chi connectivity index (χ0n) is 20.1. The molecule has 34 heavy (non-hydrogen) atoms. The van der Waals surface area contributed by atoms with E-state index in [-0.39, 0.29) is 18.4 Å². The van der Waals surface area contributed by atoms with Gasteiger partial charge in [0, 0.05) is 19.5 Å². The Morgan fingerprint density at radius 3 is 2.18 bits per heavy atom. The zero-order chi connectivity index (χ0) is 24.2. The maximum Gasteiger partial charge on any atom is 0.261 e. The molecule has 0 aromatic heterocycles. The van der Waals surface area contributed by atoms with Crippen LogP contribution in [0.3, 0.4) is 0 Å². The third-order valence-corrected chi connectivity index (χ3v) is 5.68. The highest BCUT2D eigenvalue weighted by Crippen LogP contribution is 2.16. The fourth-order valence-corrected chi connectivity index (χ4v) is 3.70. The molecule has 5 nitrogen and oxygen atoms in total. The molecule has 5 heteroatoms. The van der Waals surface area contributed by atoms with Gasteiger partial charge in [-0.15, -0.1) is 0 Å². The summed E-state index contributed by atoms with van der Waals surface area (Å²) in [4.78, 5) is 28.5. The predicted molar refractivity (Wildman–Crippen MR) is 136 cm³/mol. The molecule has 0 spiro atoms. The van der Waals surface area contributed by atoms with Crippen LogP contribution in [0.5, 0.6) is 5.75 Å². The lowest BCUT2D eigenvalue weighted by atomic mass is 10.0. The molecule has 0 unspecified atom stereocenters. The molecule has 1 atom stereocenters. The van der Waals surface area contributed by atoms with Gasteiger partial charge in [-0.25, -0.2) is 0 Å². The quantitative estimate of drug-likeness (QED) is 0.392. The number of para-hydroxylation sites is 1. The van der Waals surface area contributed by atoms with Crippen molar-refractivity contribution in [2.24, 2.45) is 0 Å². The fourth-order valence-electron chi connectivity index (χ4n) is 3.70. The van der Waals surface area contributed by atoms with Crippen molar-refractivity contribution in [2.45, 2.75) is 45.7 Å². The molecule has 3 rings (SSSR count). The number of carbonyl (C=O) groups is 2. The van der Waals surface area contributed by atoms with Gasteiger partial charge < -0.3 is 15.0 Å². The van der Waals surface area contributed by atoms with Crippen molar-refractivity contribution in [3.05, 3.63) is 102 Å². The average molecular weight is 459 g/mol. The van der Waals surface area contributed by atoms with Gasteiger partial charge >= 0.3 is 0 Å². The molecule has 1 N–H and O–H groups in total. The second-order valence-corrected chi connectivity index (χ2v) is 8.46. The number of amides is 2. The lowest BCUT2D eigenvalue weighted by Crippen LogP contribution is -2.51. The van der Waals surface area contributed by atoms with Crippen molar-refractivity contribution in [1.82, 2.24) is 10.2 Å². The monoisotopic (exact) mass is 458 g/mol. The van der Waals surface area contributed by atoms with Crippen LogP contribution in [0, 0.1) is 6.92 Å². The molecular weight excluding hydrogens is 424 g/mol. The summed E-state index contributed by atoms with van der Waals surface area (Å²) in [6, 6.07) is 26.5. The standard InChI is InChI=1S/C29H34N2O3/c1-3-4-19-30-29(33)27(20-24-11-7-5-8-12-24)31(21-25-17-15-23(2)16-18-25)28(32)22-34-26-13-9-6-10-14-26/h5-18,27H,3-4,19-22H2,1-2H3,(H,30,33)/t27-/m1/s1. The minimum absolute atomic E-state index is 0.136. The molecule has 3 aromatic rings. The third-order valence-electron chi connectivity index (χ3n) is 5.68. The molecule has 0 aliphatic heterocycles. The van der Waals surface area contributed by atoms with Crippen molar-refractivity contribution in [3.8, 4) is 5.75 Å². The first-order valence-corrected chi connectivity index (χ1v) is 11.9. The van der Waals surface area contributed by atoms with Gasteiger partial charge in [0.2, 0.25) is 5.91 Å². The Bertz CT molecular complexity index is 1020. The largest absolute Gasteiger partial charge is 0.484 e. The molecule has 0 bridgehead atoms. The van der Waals surface area contributed by atoms with E-state index in [0.717, 1.165) is 29.5 Å². The molecule has 3 aromatic carbocycles. The van der Waals surface area contributed by atoms with Crippen LogP contribution < -0.4 is 10.1 Å². The number of rotatable bonds is 12. The first-order valence-electron chi connectivity index (χ1n) is 11.9. The number of nitrogens with one attached hydrogen (secondary N) is 1. The van der Waals surface area contributed by atoms with Crippen molar-refractivity contribution in [3.63, 3.8) is 0 Å². The normalized spacial score (nSPS) is 11.5. The van der Waals surface area contributed by atoms with Gasteiger partial charge in [0.25, 0.3) is 5.91 Å². The Morgan fingerprint density at radius 2 is 1.53 bits per heavy atom. The van der Waals surface area contributed by atoms with Crippen LogP contribution in [0.15, 0.2) is 84.9 Å². The van der Waals surface area contributed by atoms with E-state index in [9.17, 15) is 9.59 Å². The highest BCUT2D eigenvalue weighted by atomic mass is 16.5. The Hall–Kier alpha value is -3.60. The third kappa shape index (κ3) is 7.77. The molecule has 0 heterocycles. The van der Waals surface area contributed by atoms with Crippen LogP contribution in [0.25, 0.3) is 0 Å². The van der Waals surface area contributed by atoms with Crippen LogP contribution in [-0.2, 0) is 22.6 Å². The first-order chi connectivity index (χ1) is 16.6. The first kappa shape index (κ1) is 25.0. The van der Waals surface area contributed by atoms with E-state index >= 15 is 0 Å². The second kappa shape index (κ2) is 13.2. The van der Waals surface area contributed by atoms with Gasteiger partial charge in [-0.3, -0.25) is 9.59 Å². The SMILES string of the molecule is CCCCNC(=O)[C@@H](Cc1ccccc1)N(Cc1ccc(C)cc1)C(=O)COc1ccccc1. The van der Waals surface area contributed by atoms with E-state index in [4.69, 9.17) is 4.74 Å². The highest BCUT2D eigenvalue weighted by molar-refractivity contribution is 5.88. The molecule has 2 amide bonds. The molecule has 0 fully saturated rings. The van der Waals surface area contributed by atoms with E-state index in [0.29, 0.717) is 25.3 Å². The molecular formula is C29H34N2O3. The summed E-state index contributed by atoms with van der Waals surface area (Å²) in [6.45, 7) is 4.90. The Labute approximate surface area is 202 Å². The molecule has 0 saturated heterocycles. The van der Waals surface area contributed by atoms with Gasteiger partial charge in [0.05, 0.1) is 0 Å². The van der Waals surface area contributed by atoms with Gasteiger partial charge in [0.15, 0.2) is 6.61 Å². The van der Waals surface area contributed by atoms with Gasteiger partial charge in [-0.2, -0.15) is 0 Å². The topological polar surface area (TPSA) is 58.6 Å². The fraction of sp³-hybridized carbons (Fsp3) is 0.310. The summed E-state index contributed by atoms with van der Waals surface area (Å²) in [5.74, 6) is 0.256. The van der Waals surface area contributed by atoms with E-state index in [2.05, 4.69) is 12.2 Å². The summed E-state index contributed by atoms with van der Waals surface area (Å²) in [7, 11) is 0. The van der Waals surface area contributed by atoms with Crippen molar-refractivity contribution >= 4 is 11.8 Å². The summed E-state index contributed by atoms with van der Waals surface area (Å²) in [5, 5.41) is 3.03. The van der Waals surface area contributed by atoms with E-state index in [1.807, 2.05) is 91.9 Å². The molecule has 178 valence electrons. The summed E-state index contributed by atoms with van der Waals surface area (Å²) < 4.78 is 5.76. The number of hydrogen-bond acceptors (Lipinski definition) is 3. The molecule has 0 aliphatic rings. The average Bonchev–Trinajstić information content (AvgIpc) is 2.87. The zero-order valence-corrected chi connectivity index (χ0v) is 20.1.